The third-order valence-corrected chi connectivity index (χ3v) is 4.88. The van der Waals surface area contributed by atoms with Crippen molar-refractivity contribution in [1.82, 2.24) is 9.97 Å². The van der Waals surface area contributed by atoms with Crippen LogP contribution in [0.4, 0.5) is 5.82 Å². The SMILES string of the molecule is C#CCOc1ccc(-c2nccnc2NC(=O)Cc2ccc3ccccc3c2)cc1OC. The van der Waals surface area contributed by atoms with Crippen molar-refractivity contribution in [2.75, 3.05) is 19.0 Å². The summed E-state index contributed by atoms with van der Waals surface area (Å²) in [5.41, 5.74) is 2.17. The Morgan fingerprint density at radius 3 is 2.62 bits per heavy atom. The molecule has 6 nitrogen and oxygen atoms in total. The molecule has 1 N–H and O–H groups in total. The highest BCUT2D eigenvalue weighted by Crippen LogP contribution is 2.33. The van der Waals surface area contributed by atoms with E-state index in [0.717, 1.165) is 21.9 Å². The molecule has 4 rings (SSSR count). The summed E-state index contributed by atoms with van der Waals surface area (Å²) in [4.78, 5) is 21.5. The lowest BCUT2D eigenvalue weighted by Gasteiger charge is -2.13. The van der Waals surface area contributed by atoms with Gasteiger partial charge in [0.25, 0.3) is 0 Å². The fourth-order valence-electron chi connectivity index (χ4n) is 3.40. The summed E-state index contributed by atoms with van der Waals surface area (Å²) >= 11 is 0. The van der Waals surface area contributed by atoms with Crippen molar-refractivity contribution < 1.29 is 14.3 Å². The van der Waals surface area contributed by atoms with Crippen LogP contribution >= 0.6 is 0 Å². The molecule has 0 aliphatic rings. The number of terminal acetylenes is 1. The van der Waals surface area contributed by atoms with Gasteiger partial charge in [-0.2, -0.15) is 0 Å². The van der Waals surface area contributed by atoms with Gasteiger partial charge in [0.2, 0.25) is 5.91 Å². The van der Waals surface area contributed by atoms with Gasteiger partial charge in [-0.15, -0.1) is 6.42 Å². The van der Waals surface area contributed by atoms with Crippen LogP contribution in [0.3, 0.4) is 0 Å². The molecule has 1 heterocycles. The van der Waals surface area contributed by atoms with Gasteiger partial charge >= 0.3 is 0 Å². The lowest BCUT2D eigenvalue weighted by molar-refractivity contribution is -0.115. The van der Waals surface area contributed by atoms with Crippen molar-refractivity contribution in [3.63, 3.8) is 0 Å². The number of nitrogens with one attached hydrogen (secondary N) is 1. The Labute approximate surface area is 186 Å². The molecule has 0 bridgehead atoms. The second kappa shape index (κ2) is 9.63. The predicted octanol–water partition coefficient (Wildman–Crippen LogP) is 4.50. The Balaban J connectivity index is 1.55. The van der Waals surface area contributed by atoms with E-state index in [-0.39, 0.29) is 18.9 Å². The van der Waals surface area contributed by atoms with Crippen molar-refractivity contribution in [2.45, 2.75) is 6.42 Å². The van der Waals surface area contributed by atoms with Gasteiger partial charge in [0.1, 0.15) is 12.3 Å². The molecule has 0 aliphatic heterocycles. The summed E-state index contributed by atoms with van der Waals surface area (Å²) in [5, 5.41) is 5.11. The third-order valence-electron chi connectivity index (χ3n) is 4.88. The molecule has 0 radical (unpaired) electrons. The lowest BCUT2D eigenvalue weighted by atomic mass is 10.0. The normalized spacial score (nSPS) is 10.4. The van der Waals surface area contributed by atoms with Crippen LogP contribution in [0.2, 0.25) is 0 Å². The average Bonchev–Trinajstić information content (AvgIpc) is 2.83. The van der Waals surface area contributed by atoms with Gasteiger partial charge in [0.05, 0.1) is 13.5 Å². The molecule has 0 aliphatic carbocycles. The van der Waals surface area contributed by atoms with Crippen LogP contribution in [0.25, 0.3) is 22.0 Å². The minimum Gasteiger partial charge on any atom is -0.493 e. The average molecular weight is 423 g/mol. The molecule has 32 heavy (non-hydrogen) atoms. The molecule has 1 amide bonds. The summed E-state index contributed by atoms with van der Waals surface area (Å²) in [6, 6.07) is 19.4. The van der Waals surface area contributed by atoms with Crippen LogP contribution in [0.1, 0.15) is 5.56 Å². The molecule has 3 aromatic carbocycles. The van der Waals surface area contributed by atoms with E-state index in [0.29, 0.717) is 23.0 Å². The molecule has 0 atom stereocenters. The maximum atomic E-state index is 12.8. The fraction of sp³-hybridized carbons (Fsp3) is 0.115. The van der Waals surface area contributed by atoms with E-state index in [9.17, 15) is 4.79 Å². The molecule has 0 unspecified atom stereocenters. The van der Waals surface area contributed by atoms with Crippen LogP contribution in [0, 0.1) is 12.3 Å². The number of anilines is 1. The zero-order valence-electron chi connectivity index (χ0n) is 17.5. The van der Waals surface area contributed by atoms with E-state index in [1.54, 1.807) is 25.4 Å². The molecule has 0 saturated carbocycles. The summed E-state index contributed by atoms with van der Waals surface area (Å²) in [7, 11) is 1.55. The number of methoxy groups -OCH3 is 1. The molecule has 0 saturated heterocycles. The molecular weight excluding hydrogens is 402 g/mol. The highest BCUT2D eigenvalue weighted by molar-refractivity contribution is 5.95. The van der Waals surface area contributed by atoms with Crippen molar-refractivity contribution in [3.05, 3.63) is 78.6 Å². The molecule has 0 spiro atoms. The first kappa shape index (κ1) is 20.9. The Bertz CT molecular complexity index is 1310. The quantitative estimate of drug-likeness (QED) is 0.443. The van der Waals surface area contributed by atoms with Crippen LogP contribution in [-0.2, 0) is 11.2 Å². The first-order chi connectivity index (χ1) is 15.7. The van der Waals surface area contributed by atoms with E-state index >= 15 is 0 Å². The number of rotatable bonds is 7. The van der Waals surface area contributed by atoms with Gasteiger partial charge in [0.15, 0.2) is 17.3 Å². The van der Waals surface area contributed by atoms with Crippen LogP contribution < -0.4 is 14.8 Å². The second-order valence-electron chi connectivity index (χ2n) is 7.02. The number of benzene rings is 3. The van der Waals surface area contributed by atoms with Gasteiger partial charge in [-0.05, 0) is 34.5 Å². The molecule has 6 heteroatoms. The smallest absolute Gasteiger partial charge is 0.230 e. The Kier molecular flexibility index (Phi) is 6.28. The second-order valence-corrected chi connectivity index (χ2v) is 7.02. The topological polar surface area (TPSA) is 73.3 Å². The number of carbonyl (C=O) groups is 1. The number of carbonyl (C=O) groups excluding carboxylic acids is 1. The van der Waals surface area contributed by atoms with Crippen molar-refractivity contribution in [3.8, 4) is 35.1 Å². The maximum Gasteiger partial charge on any atom is 0.230 e. The van der Waals surface area contributed by atoms with E-state index in [1.165, 1.54) is 6.20 Å². The standard InChI is InChI=1S/C26H21N3O3/c1-3-14-32-22-11-10-21(17-23(22)31-2)25-26(28-13-12-27-25)29-24(30)16-18-8-9-19-6-4-5-7-20(19)15-18/h1,4-13,15,17H,14,16H2,2H3,(H,28,29,30). The van der Waals surface area contributed by atoms with E-state index in [4.69, 9.17) is 15.9 Å². The van der Waals surface area contributed by atoms with Gasteiger partial charge in [0, 0.05) is 18.0 Å². The van der Waals surface area contributed by atoms with E-state index < -0.39 is 0 Å². The number of aromatic nitrogens is 2. The first-order valence-corrected chi connectivity index (χ1v) is 10.0. The largest absolute Gasteiger partial charge is 0.493 e. The van der Waals surface area contributed by atoms with Gasteiger partial charge in [-0.3, -0.25) is 9.78 Å². The lowest BCUT2D eigenvalue weighted by Crippen LogP contribution is -2.16. The van der Waals surface area contributed by atoms with Crippen LogP contribution in [0.5, 0.6) is 11.5 Å². The van der Waals surface area contributed by atoms with E-state index in [1.807, 2.05) is 48.5 Å². The minimum absolute atomic E-state index is 0.136. The molecule has 1 aromatic heterocycles. The Hall–Kier alpha value is -4.37. The van der Waals surface area contributed by atoms with Gasteiger partial charge in [-0.1, -0.05) is 48.4 Å². The number of fused-ring (bicyclic) bond motifs is 1. The van der Waals surface area contributed by atoms with Gasteiger partial charge in [-0.25, -0.2) is 4.98 Å². The Morgan fingerprint density at radius 2 is 1.81 bits per heavy atom. The predicted molar refractivity (Wildman–Crippen MR) is 125 cm³/mol. The molecule has 0 fully saturated rings. The number of hydrogen-bond donors (Lipinski definition) is 1. The number of amides is 1. The highest BCUT2D eigenvalue weighted by atomic mass is 16.5. The Morgan fingerprint density at radius 1 is 1.00 bits per heavy atom. The summed E-state index contributed by atoms with van der Waals surface area (Å²) < 4.78 is 10.9. The van der Waals surface area contributed by atoms with Crippen LogP contribution in [0.15, 0.2) is 73.1 Å². The number of hydrogen-bond acceptors (Lipinski definition) is 5. The minimum atomic E-state index is -0.178. The van der Waals surface area contributed by atoms with Crippen molar-refractivity contribution in [2.24, 2.45) is 0 Å². The summed E-state index contributed by atoms with van der Waals surface area (Å²) in [6.45, 7) is 0.136. The van der Waals surface area contributed by atoms with Crippen molar-refractivity contribution in [1.29, 1.82) is 0 Å². The van der Waals surface area contributed by atoms with E-state index in [2.05, 4.69) is 21.2 Å². The monoisotopic (exact) mass is 423 g/mol. The molecular formula is C26H21N3O3. The fourth-order valence-corrected chi connectivity index (χ4v) is 3.40. The van der Waals surface area contributed by atoms with Crippen LogP contribution in [-0.4, -0.2) is 29.6 Å². The first-order valence-electron chi connectivity index (χ1n) is 10.0. The maximum absolute atomic E-state index is 12.8. The van der Waals surface area contributed by atoms with Crippen molar-refractivity contribution >= 4 is 22.5 Å². The zero-order chi connectivity index (χ0) is 22.3. The molecule has 4 aromatic rings. The highest BCUT2D eigenvalue weighted by Gasteiger charge is 2.14. The zero-order valence-corrected chi connectivity index (χ0v) is 17.5. The number of nitrogens with zero attached hydrogens (tertiary/aromatic N) is 2. The molecule has 158 valence electrons. The van der Waals surface area contributed by atoms with Gasteiger partial charge < -0.3 is 14.8 Å². The third kappa shape index (κ3) is 4.68. The summed E-state index contributed by atoms with van der Waals surface area (Å²) in [5.74, 6) is 3.66. The number of ether oxygens (including phenoxy) is 2. The summed E-state index contributed by atoms with van der Waals surface area (Å²) in [6.07, 6.45) is 8.60.